The first-order valence-electron chi connectivity index (χ1n) is 11.3. The van der Waals surface area contributed by atoms with Crippen LogP contribution in [0, 0.1) is 29.4 Å². The van der Waals surface area contributed by atoms with Crippen molar-refractivity contribution in [2.24, 2.45) is 5.92 Å². The topological polar surface area (TPSA) is 72.9 Å². The maximum absolute atomic E-state index is 13.9. The monoisotopic (exact) mass is 467 g/mol. The van der Waals surface area contributed by atoms with Crippen LogP contribution in [0.3, 0.4) is 0 Å². The molecule has 0 radical (unpaired) electrons. The second-order valence-corrected chi connectivity index (χ2v) is 9.10. The zero-order chi connectivity index (χ0) is 24.4. The Morgan fingerprint density at radius 2 is 1.94 bits per heavy atom. The van der Waals surface area contributed by atoms with E-state index >= 15 is 0 Å². The normalized spacial score (nSPS) is 21.5. The van der Waals surface area contributed by atoms with E-state index in [2.05, 4.69) is 31.0 Å². The quantitative estimate of drug-likeness (QED) is 0.676. The molecule has 8 heteroatoms. The lowest BCUT2D eigenvalue weighted by Crippen LogP contribution is -2.73. The first kappa shape index (κ1) is 23.7. The van der Waals surface area contributed by atoms with Gasteiger partial charge in [0, 0.05) is 30.5 Å². The molecule has 2 aliphatic heterocycles. The van der Waals surface area contributed by atoms with Gasteiger partial charge in [0.05, 0.1) is 24.4 Å². The molecule has 0 bridgehead atoms. The summed E-state index contributed by atoms with van der Waals surface area (Å²) in [6.07, 6.45) is 0.813. The first-order valence-corrected chi connectivity index (χ1v) is 11.3. The molecule has 2 saturated heterocycles. The molecule has 0 saturated carbocycles. The highest BCUT2D eigenvalue weighted by atomic mass is 19.1. The number of amides is 3. The third kappa shape index (κ3) is 4.75. The van der Waals surface area contributed by atoms with E-state index in [1.165, 1.54) is 4.90 Å². The molecule has 6 nitrogen and oxygen atoms in total. The zero-order valence-corrected chi connectivity index (χ0v) is 19.1. The van der Waals surface area contributed by atoms with Gasteiger partial charge in [-0.3, -0.25) is 4.79 Å². The second kappa shape index (κ2) is 9.82. The van der Waals surface area contributed by atoms with E-state index in [4.69, 9.17) is 0 Å². The summed E-state index contributed by atoms with van der Waals surface area (Å²) in [6, 6.07) is 9.13. The smallest absolute Gasteiger partial charge is 0.322 e. The molecule has 2 fully saturated rings. The highest BCUT2D eigenvalue weighted by molar-refractivity contribution is 5.94. The summed E-state index contributed by atoms with van der Waals surface area (Å²) in [4.78, 5) is 28.4. The van der Waals surface area contributed by atoms with Gasteiger partial charge in [-0.2, -0.15) is 0 Å². The summed E-state index contributed by atoms with van der Waals surface area (Å²) in [5.41, 5.74) is 1.55. The third-order valence-electron chi connectivity index (χ3n) is 6.25. The molecule has 2 aromatic carbocycles. The van der Waals surface area contributed by atoms with Crippen molar-refractivity contribution in [3.8, 4) is 11.8 Å². The van der Waals surface area contributed by atoms with Gasteiger partial charge in [-0.15, -0.1) is 0 Å². The summed E-state index contributed by atoms with van der Waals surface area (Å²) < 4.78 is 27.4. The lowest BCUT2D eigenvalue weighted by atomic mass is 9.73. The van der Waals surface area contributed by atoms with Crippen molar-refractivity contribution in [3.63, 3.8) is 0 Å². The lowest BCUT2D eigenvalue weighted by Gasteiger charge is -2.58. The number of carbonyl (C=O) groups is 2. The molecule has 2 heterocycles. The van der Waals surface area contributed by atoms with Crippen molar-refractivity contribution in [1.82, 2.24) is 9.80 Å². The van der Waals surface area contributed by atoms with E-state index in [0.29, 0.717) is 5.92 Å². The maximum atomic E-state index is 13.9. The van der Waals surface area contributed by atoms with Crippen LogP contribution in [0.5, 0.6) is 0 Å². The number of hydrogen-bond donors (Lipinski definition) is 2. The number of benzene rings is 2. The van der Waals surface area contributed by atoms with Crippen LogP contribution in [0.4, 0.5) is 19.3 Å². The largest absolute Gasteiger partial charge is 0.394 e. The molecule has 2 N–H and O–H groups in total. The van der Waals surface area contributed by atoms with Crippen molar-refractivity contribution >= 4 is 17.6 Å². The SMILES string of the molecule is CC(C)CC#Cc1ccc([C@H]2[C@H](CO)N3C(=O)CN(C(=O)Nc4cc(F)ccc4F)C[C@@H]23)cc1. The molecule has 2 aliphatic rings. The van der Waals surface area contributed by atoms with Gasteiger partial charge >= 0.3 is 6.03 Å². The number of carbonyl (C=O) groups excluding carboxylic acids is 2. The molecule has 0 spiro atoms. The average molecular weight is 468 g/mol. The third-order valence-corrected chi connectivity index (χ3v) is 6.25. The van der Waals surface area contributed by atoms with Gasteiger partial charge in [0.2, 0.25) is 5.91 Å². The Balaban J connectivity index is 1.49. The minimum absolute atomic E-state index is 0.159. The van der Waals surface area contributed by atoms with Crippen molar-refractivity contribution < 1.29 is 23.5 Å². The number of nitrogens with one attached hydrogen (secondary N) is 1. The Morgan fingerprint density at radius 1 is 1.21 bits per heavy atom. The van der Waals surface area contributed by atoms with E-state index < -0.39 is 17.7 Å². The Bertz CT molecular complexity index is 1140. The van der Waals surface area contributed by atoms with Crippen LogP contribution in [0.15, 0.2) is 42.5 Å². The molecule has 178 valence electrons. The van der Waals surface area contributed by atoms with Crippen LogP contribution in [-0.2, 0) is 4.79 Å². The van der Waals surface area contributed by atoms with Gasteiger partial charge in [0.25, 0.3) is 0 Å². The fraction of sp³-hybridized carbons (Fsp3) is 0.385. The number of urea groups is 1. The Hall–Kier alpha value is -3.44. The zero-order valence-electron chi connectivity index (χ0n) is 19.1. The summed E-state index contributed by atoms with van der Waals surface area (Å²) in [5.74, 6) is 4.89. The van der Waals surface area contributed by atoms with Crippen LogP contribution in [0.2, 0.25) is 0 Å². The van der Waals surface area contributed by atoms with Gasteiger partial charge in [-0.25, -0.2) is 13.6 Å². The molecule has 34 heavy (non-hydrogen) atoms. The fourth-order valence-corrected chi connectivity index (χ4v) is 4.59. The Morgan fingerprint density at radius 3 is 2.62 bits per heavy atom. The van der Waals surface area contributed by atoms with Gasteiger partial charge < -0.3 is 20.2 Å². The van der Waals surface area contributed by atoms with Crippen LogP contribution in [0.25, 0.3) is 0 Å². The molecule has 3 amide bonds. The van der Waals surface area contributed by atoms with Crippen molar-refractivity contribution in [3.05, 3.63) is 65.2 Å². The van der Waals surface area contributed by atoms with E-state index in [9.17, 15) is 23.5 Å². The van der Waals surface area contributed by atoms with E-state index in [1.54, 1.807) is 4.90 Å². The number of anilines is 1. The number of aliphatic hydroxyl groups excluding tert-OH is 1. The van der Waals surface area contributed by atoms with E-state index in [1.807, 2.05) is 24.3 Å². The van der Waals surface area contributed by atoms with Crippen LogP contribution >= 0.6 is 0 Å². The summed E-state index contributed by atoms with van der Waals surface area (Å²) in [5, 5.41) is 12.3. The van der Waals surface area contributed by atoms with Gasteiger partial charge in [0.1, 0.15) is 18.2 Å². The van der Waals surface area contributed by atoms with Gasteiger partial charge in [-0.1, -0.05) is 37.8 Å². The number of hydrogen-bond acceptors (Lipinski definition) is 3. The molecular formula is C26H27F2N3O3. The Labute approximate surface area is 197 Å². The van der Waals surface area contributed by atoms with E-state index in [-0.39, 0.29) is 49.3 Å². The number of aliphatic hydroxyl groups is 1. The fourth-order valence-electron chi connectivity index (χ4n) is 4.59. The van der Waals surface area contributed by atoms with Crippen LogP contribution in [0.1, 0.15) is 37.3 Å². The first-order chi connectivity index (χ1) is 16.3. The van der Waals surface area contributed by atoms with Crippen molar-refractivity contribution in [2.45, 2.75) is 38.3 Å². The van der Waals surface area contributed by atoms with Crippen molar-refractivity contribution in [1.29, 1.82) is 0 Å². The number of rotatable bonds is 4. The predicted molar refractivity (Wildman–Crippen MR) is 124 cm³/mol. The lowest BCUT2D eigenvalue weighted by molar-refractivity contribution is -0.159. The molecule has 3 atom stereocenters. The number of halogens is 2. The number of nitrogens with zero attached hydrogens (tertiary/aromatic N) is 2. The Kier molecular flexibility index (Phi) is 6.85. The molecular weight excluding hydrogens is 440 g/mol. The maximum Gasteiger partial charge on any atom is 0.322 e. The molecule has 2 aromatic rings. The van der Waals surface area contributed by atoms with Crippen molar-refractivity contribution in [2.75, 3.05) is 25.0 Å². The average Bonchev–Trinajstić information content (AvgIpc) is 2.78. The highest BCUT2D eigenvalue weighted by Gasteiger charge is 2.54. The predicted octanol–water partition coefficient (Wildman–Crippen LogP) is 3.57. The molecule has 0 aliphatic carbocycles. The van der Waals surface area contributed by atoms with E-state index in [0.717, 1.165) is 35.7 Å². The van der Waals surface area contributed by atoms with Gasteiger partial charge in [-0.05, 0) is 35.7 Å². The number of piperazine rings is 1. The summed E-state index contributed by atoms with van der Waals surface area (Å²) in [7, 11) is 0. The summed E-state index contributed by atoms with van der Waals surface area (Å²) in [6.45, 7) is 4.04. The minimum Gasteiger partial charge on any atom is -0.394 e. The van der Waals surface area contributed by atoms with Gasteiger partial charge in [0.15, 0.2) is 0 Å². The highest BCUT2D eigenvalue weighted by Crippen LogP contribution is 2.43. The molecule has 0 unspecified atom stereocenters. The number of fused-ring (bicyclic) bond motifs is 1. The second-order valence-electron chi connectivity index (χ2n) is 9.10. The van der Waals surface area contributed by atoms with Crippen LogP contribution < -0.4 is 5.32 Å². The molecule has 4 rings (SSSR count). The summed E-state index contributed by atoms with van der Waals surface area (Å²) >= 11 is 0. The standard InChI is InChI=1S/C26H27F2N3O3/c1-16(2)4-3-5-17-6-8-18(9-7-17)25-22-13-30(14-24(33)31(22)23(25)15-32)26(34)29-21-12-19(27)10-11-20(21)28/h6-12,16,22-23,25,32H,4,13-15H2,1-2H3,(H,29,34)/t22-,23-,25+/m0/s1. The molecule has 0 aromatic heterocycles. The minimum atomic E-state index is -0.766. The van der Waals surface area contributed by atoms with Crippen LogP contribution in [-0.4, -0.2) is 58.6 Å².